The zero-order chi connectivity index (χ0) is 29.1. The van der Waals surface area contributed by atoms with Crippen molar-refractivity contribution in [1.82, 2.24) is 10.0 Å². The number of aryl methyl sites for hydroxylation is 2. The van der Waals surface area contributed by atoms with Crippen molar-refractivity contribution in [2.75, 3.05) is 24.5 Å². The van der Waals surface area contributed by atoms with Crippen LogP contribution in [0.5, 0.6) is 5.75 Å². The Hall–Kier alpha value is -3.40. The Morgan fingerprint density at radius 2 is 1.77 bits per heavy atom. The zero-order valence-electron chi connectivity index (χ0n) is 23.8. The molecule has 0 aliphatic carbocycles. The summed E-state index contributed by atoms with van der Waals surface area (Å²) in [4.78, 5) is 15.4. The molecule has 0 spiro atoms. The SMILES string of the molecule is CCc1ccc(S(=O)(=O)N[C@@H]2c3cc(C(=O)NCCN(CC)c4cccc(C)c4)ccc3OC(C)(C)[C@H]2O)cc1. The molecule has 3 N–H and O–H groups in total. The molecule has 1 aliphatic rings. The van der Waals surface area contributed by atoms with Crippen molar-refractivity contribution in [2.45, 2.75) is 63.7 Å². The second kappa shape index (κ2) is 12.0. The highest BCUT2D eigenvalue weighted by atomic mass is 32.2. The van der Waals surface area contributed by atoms with Gasteiger partial charge in [-0.2, -0.15) is 0 Å². The van der Waals surface area contributed by atoms with E-state index in [0.29, 0.717) is 30.0 Å². The van der Waals surface area contributed by atoms with Crippen LogP contribution < -0.4 is 19.7 Å². The van der Waals surface area contributed by atoms with Crippen LogP contribution in [-0.2, 0) is 16.4 Å². The van der Waals surface area contributed by atoms with E-state index in [1.165, 1.54) is 5.56 Å². The molecule has 1 aliphatic heterocycles. The molecule has 0 aromatic heterocycles. The highest BCUT2D eigenvalue weighted by Crippen LogP contribution is 2.41. The normalized spacial score (nSPS) is 17.9. The van der Waals surface area contributed by atoms with Gasteiger partial charge in [-0.25, -0.2) is 13.1 Å². The van der Waals surface area contributed by atoms with E-state index in [2.05, 4.69) is 27.9 Å². The maximum absolute atomic E-state index is 13.3. The molecular weight excluding hydrogens is 526 g/mol. The van der Waals surface area contributed by atoms with Crippen molar-refractivity contribution in [3.63, 3.8) is 0 Å². The highest BCUT2D eigenvalue weighted by molar-refractivity contribution is 7.89. The summed E-state index contributed by atoms with van der Waals surface area (Å²) < 4.78 is 35.3. The van der Waals surface area contributed by atoms with E-state index in [9.17, 15) is 18.3 Å². The molecule has 0 saturated heterocycles. The Morgan fingerprint density at radius 1 is 1.05 bits per heavy atom. The van der Waals surface area contributed by atoms with Crippen LogP contribution in [0, 0.1) is 6.92 Å². The molecule has 0 fully saturated rings. The third-order valence-electron chi connectivity index (χ3n) is 7.35. The first-order valence-electron chi connectivity index (χ1n) is 13.7. The Labute approximate surface area is 237 Å². The second-order valence-electron chi connectivity index (χ2n) is 10.7. The number of aliphatic hydroxyl groups excluding tert-OH is 1. The number of nitrogens with zero attached hydrogens (tertiary/aromatic N) is 1. The number of fused-ring (bicyclic) bond motifs is 1. The van der Waals surface area contributed by atoms with E-state index in [-0.39, 0.29) is 10.8 Å². The maximum Gasteiger partial charge on any atom is 0.251 e. The predicted molar refractivity (Wildman–Crippen MR) is 157 cm³/mol. The Kier molecular flexibility index (Phi) is 8.87. The van der Waals surface area contributed by atoms with Crippen LogP contribution >= 0.6 is 0 Å². The molecule has 40 heavy (non-hydrogen) atoms. The van der Waals surface area contributed by atoms with Crippen LogP contribution in [0.15, 0.2) is 71.6 Å². The van der Waals surface area contributed by atoms with Gasteiger partial charge in [-0.3, -0.25) is 4.79 Å². The number of ether oxygens (including phenoxy) is 1. The maximum atomic E-state index is 13.3. The molecule has 3 aromatic carbocycles. The molecule has 0 saturated carbocycles. The minimum atomic E-state index is -3.97. The van der Waals surface area contributed by atoms with Crippen LogP contribution in [0.25, 0.3) is 0 Å². The van der Waals surface area contributed by atoms with Gasteiger partial charge in [-0.05, 0) is 87.7 Å². The highest BCUT2D eigenvalue weighted by Gasteiger charge is 2.44. The lowest BCUT2D eigenvalue weighted by atomic mass is 9.86. The van der Waals surface area contributed by atoms with E-state index in [0.717, 1.165) is 24.2 Å². The van der Waals surface area contributed by atoms with Crippen molar-refractivity contribution >= 4 is 21.6 Å². The lowest BCUT2D eigenvalue weighted by Gasteiger charge is -2.42. The minimum Gasteiger partial charge on any atom is -0.485 e. The molecule has 0 radical (unpaired) electrons. The van der Waals surface area contributed by atoms with Gasteiger partial charge in [0.1, 0.15) is 17.5 Å². The summed E-state index contributed by atoms with van der Waals surface area (Å²) in [6.07, 6.45) is -0.406. The average Bonchev–Trinajstić information content (AvgIpc) is 2.93. The van der Waals surface area contributed by atoms with Gasteiger partial charge in [0.25, 0.3) is 5.91 Å². The molecule has 1 amide bonds. The van der Waals surface area contributed by atoms with Gasteiger partial charge >= 0.3 is 0 Å². The first-order chi connectivity index (χ1) is 18.9. The van der Waals surface area contributed by atoms with Crippen LogP contribution in [0.4, 0.5) is 5.69 Å². The molecule has 214 valence electrons. The van der Waals surface area contributed by atoms with Gasteiger partial charge < -0.3 is 20.1 Å². The van der Waals surface area contributed by atoms with E-state index in [1.54, 1.807) is 56.3 Å². The number of aliphatic hydroxyl groups is 1. The standard InChI is InChI=1S/C31H39N3O5S/c1-6-22-11-14-25(15-12-22)40(37,38)33-28-26-20-23(13-16-27(26)39-31(4,5)29(28)35)30(36)32-17-18-34(7-2)24-10-8-9-21(3)19-24/h8-16,19-20,28-29,33,35H,6-7,17-18H2,1-5H3,(H,32,36)/t28-,29+/m1/s1. The van der Waals surface area contributed by atoms with E-state index in [4.69, 9.17) is 4.74 Å². The number of hydrogen-bond acceptors (Lipinski definition) is 6. The lowest BCUT2D eigenvalue weighted by Crippen LogP contribution is -2.53. The molecule has 1 heterocycles. The van der Waals surface area contributed by atoms with Crippen LogP contribution in [0.2, 0.25) is 0 Å². The lowest BCUT2D eigenvalue weighted by molar-refractivity contribution is -0.0603. The number of hydrogen-bond donors (Lipinski definition) is 3. The van der Waals surface area contributed by atoms with Crippen LogP contribution in [0.3, 0.4) is 0 Å². The Morgan fingerprint density at radius 3 is 2.42 bits per heavy atom. The van der Waals surface area contributed by atoms with Crippen molar-refractivity contribution < 1.29 is 23.1 Å². The van der Waals surface area contributed by atoms with E-state index in [1.807, 2.05) is 32.0 Å². The largest absolute Gasteiger partial charge is 0.485 e. The zero-order valence-corrected chi connectivity index (χ0v) is 24.6. The minimum absolute atomic E-state index is 0.103. The molecule has 0 unspecified atom stereocenters. The number of carbonyl (C=O) groups is 1. The van der Waals surface area contributed by atoms with Gasteiger partial charge in [0, 0.05) is 36.4 Å². The van der Waals surface area contributed by atoms with Crippen molar-refractivity contribution in [3.8, 4) is 5.75 Å². The summed E-state index contributed by atoms with van der Waals surface area (Å²) in [5, 5.41) is 14.1. The average molecular weight is 566 g/mol. The number of rotatable bonds is 10. The summed E-state index contributed by atoms with van der Waals surface area (Å²) >= 11 is 0. The smallest absolute Gasteiger partial charge is 0.251 e. The first kappa shape index (κ1) is 29.6. The molecule has 0 bridgehead atoms. The van der Waals surface area contributed by atoms with Gasteiger partial charge in [0.15, 0.2) is 0 Å². The fraction of sp³-hybridized carbons (Fsp3) is 0.387. The number of likely N-dealkylation sites (N-methyl/N-ethyl adjacent to an activating group) is 1. The topological polar surface area (TPSA) is 108 Å². The number of carbonyl (C=O) groups excluding carboxylic acids is 1. The van der Waals surface area contributed by atoms with Crippen molar-refractivity contribution in [2.24, 2.45) is 0 Å². The monoisotopic (exact) mass is 565 g/mol. The van der Waals surface area contributed by atoms with Crippen LogP contribution in [0.1, 0.15) is 60.8 Å². The summed E-state index contributed by atoms with van der Waals surface area (Å²) in [6, 6.07) is 18.8. The molecule has 8 nitrogen and oxygen atoms in total. The van der Waals surface area contributed by atoms with Gasteiger partial charge in [-0.1, -0.05) is 31.2 Å². The molecule has 4 rings (SSSR count). The van der Waals surface area contributed by atoms with E-state index < -0.39 is 27.8 Å². The fourth-order valence-electron chi connectivity index (χ4n) is 4.91. The fourth-order valence-corrected chi connectivity index (χ4v) is 6.13. The second-order valence-corrected chi connectivity index (χ2v) is 12.4. The van der Waals surface area contributed by atoms with Gasteiger partial charge in [0.2, 0.25) is 10.0 Å². The van der Waals surface area contributed by atoms with Crippen molar-refractivity contribution in [3.05, 3.63) is 89.0 Å². The molecule has 2 atom stereocenters. The number of anilines is 1. The number of nitrogens with one attached hydrogen (secondary N) is 2. The summed E-state index contributed by atoms with van der Waals surface area (Å²) in [6.45, 7) is 11.4. The predicted octanol–water partition coefficient (Wildman–Crippen LogP) is 4.37. The summed E-state index contributed by atoms with van der Waals surface area (Å²) in [5.41, 5.74) is 2.99. The van der Waals surface area contributed by atoms with Gasteiger partial charge in [0.05, 0.1) is 10.9 Å². The number of sulfonamides is 1. The third-order valence-corrected chi connectivity index (χ3v) is 8.80. The van der Waals surface area contributed by atoms with Crippen LogP contribution in [-0.4, -0.2) is 50.8 Å². The molecule has 9 heteroatoms. The van der Waals surface area contributed by atoms with Gasteiger partial charge in [-0.15, -0.1) is 0 Å². The number of benzene rings is 3. The summed E-state index contributed by atoms with van der Waals surface area (Å²) in [5.74, 6) is 0.122. The quantitative estimate of drug-likeness (QED) is 0.337. The number of amides is 1. The van der Waals surface area contributed by atoms with Crippen molar-refractivity contribution in [1.29, 1.82) is 0 Å². The third kappa shape index (κ3) is 6.49. The van der Waals surface area contributed by atoms with E-state index >= 15 is 0 Å². The molecular formula is C31H39N3O5S. The summed E-state index contributed by atoms with van der Waals surface area (Å²) in [7, 11) is -3.97. The Bertz CT molecular complexity index is 1450. The molecule has 3 aromatic rings. The first-order valence-corrected chi connectivity index (χ1v) is 15.2. The Balaban J connectivity index is 1.53.